The first-order valence-corrected chi connectivity index (χ1v) is 12.4. The van der Waals surface area contributed by atoms with Crippen molar-refractivity contribution in [2.75, 3.05) is 32.7 Å². The molecule has 2 aliphatic heterocycles. The summed E-state index contributed by atoms with van der Waals surface area (Å²) in [7, 11) is 0. The number of pyridine rings is 1. The molecule has 1 aromatic carbocycles. The number of rotatable bonds is 8. The minimum absolute atomic E-state index is 0.0934. The largest absolute Gasteiger partial charge is 0.350 e. The van der Waals surface area contributed by atoms with Crippen LogP contribution in [0.3, 0.4) is 0 Å². The van der Waals surface area contributed by atoms with Crippen LogP contribution in [0.5, 0.6) is 0 Å². The number of amides is 1. The molecule has 0 aliphatic carbocycles. The molecule has 1 N–H and O–H groups in total. The van der Waals surface area contributed by atoms with Crippen molar-refractivity contribution in [3.63, 3.8) is 0 Å². The molecule has 0 spiro atoms. The fraction of sp³-hybridized carbons (Fsp3) is 0.556. The molecule has 1 aromatic heterocycles. The van der Waals surface area contributed by atoms with Crippen LogP contribution in [-0.4, -0.2) is 59.5 Å². The van der Waals surface area contributed by atoms with Crippen LogP contribution >= 0.6 is 0 Å². The maximum absolute atomic E-state index is 12.5. The minimum Gasteiger partial charge on any atom is -0.350 e. The number of nitrogens with zero attached hydrogens (tertiary/aromatic N) is 3. The van der Waals surface area contributed by atoms with Gasteiger partial charge in [-0.15, -0.1) is 0 Å². The standard InChI is InChI=1S/C27H38N4O/c1-3-21(2)19-28-27(32)26-11-7-10-25(29-26)23-9-6-8-22(18-23)20-30-16-12-24(13-17-30)31-14-4-5-15-31/h6-11,18,21,24H,3-5,12-17,19-20H2,1-2H3,(H,28,32)/t21-/m0/s1. The first-order valence-electron chi connectivity index (χ1n) is 12.4. The van der Waals surface area contributed by atoms with Crippen molar-refractivity contribution >= 4 is 5.91 Å². The number of hydrogen-bond acceptors (Lipinski definition) is 4. The first-order chi connectivity index (χ1) is 15.6. The summed E-state index contributed by atoms with van der Waals surface area (Å²) in [6.45, 7) is 10.9. The van der Waals surface area contributed by atoms with Crippen LogP contribution in [-0.2, 0) is 6.54 Å². The average molecular weight is 435 g/mol. The smallest absolute Gasteiger partial charge is 0.269 e. The fourth-order valence-corrected chi connectivity index (χ4v) is 4.86. The van der Waals surface area contributed by atoms with E-state index in [1.807, 2.05) is 12.1 Å². The Morgan fingerprint density at radius 1 is 1.09 bits per heavy atom. The zero-order valence-corrected chi connectivity index (χ0v) is 19.7. The van der Waals surface area contributed by atoms with E-state index < -0.39 is 0 Å². The van der Waals surface area contributed by atoms with E-state index in [1.165, 1.54) is 57.4 Å². The SMILES string of the molecule is CC[C@H](C)CNC(=O)c1cccc(-c2cccc(CN3CCC(N4CCCC4)CC3)c2)n1. The molecule has 2 aliphatic rings. The number of likely N-dealkylation sites (tertiary alicyclic amines) is 2. The Morgan fingerprint density at radius 2 is 1.84 bits per heavy atom. The molecule has 2 aromatic rings. The van der Waals surface area contributed by atoms with Crippen LogP contribution in [0.4, 0.5) is 0 Å². The van der Waals surface area contributed by atoms with Crippen molar-refractivity contribution < 1.29 is 4.79 Å². The summed E-state index contributed by atoms with van der Waals surface area (Å²) in [5.74, 6) is 0.378. The lowest BCUT2D eigenvalue weighted by Gasteiger charge is -2.36. The van der Waals surface area contributed by atoms with Crippen molar-refractivity contribution in [1.82, 2.24) is 20.1 Å². The van der Waals surface area contributed by atoms with Gasteiger partial charge in [-0.2, -0.15) is 0 Å². The van der Waals surface area contributed by atoms with E-state index in [4.69, 9.17) is 0 Å². The highest BCUT2D eigenvalue weighted by Crippen LogP contribution is 2.24. The zero-order valence-electron chi connectivity index (χ0n) is 19.7. The Labute approximate surface area is 193 Å². The molecule has 5 heteroatoms. The number of carbonyl (C=O) groups excluding carboxylic acids is 1. The summed E-state index contributed by atoms with van der Waals surface area (Å²) in [5, 5.41) is 3.01. The molecule has 2 saturated heterocycles. The van der Waals surface area contributed by atoms with E-state index in [0.29, 0.717) is 18.2 Å². The molecule has 0 saturated carbocycles. The predicted molar refractivity (Wildman–Crippen MR) is 131 cm³/mol. The molecule has 1 amide bonds. The number of benzene rings is 1. The maximum atomic E-state index is 12.5. The first kappa shape index (κ1) is 22.9. The van der Waals surface area contributed by atoms with Crippen LogP contribution < -0.4 is 5.32 Å². The molecule has 32 heavy (non-hydrogen) atoms. The van der Waals surface area contributed by atoms with Crippen molar-refractivity contribution in [1.29, 1.82) is 0 Å². The summed E-state index contributed by atoms with van der Waals surface area (Å²) >= 11 is 0. The van der Waals surface area contributed by atoms with Crippen molar-refractivity contribution in [2.45, 2.75) is 58.5 Å². The average Bonchev–Trinajstić information content (AvgIpc) is 3.38. The summed E-state index contributed by atoms with van der Waals surface area (Å²) in [6, 6.07) is 15.1. The number of aromatic nitrogens is 1. The minimum atomic E-state index is -0.0934. The third-order valence-electron chi connectivity index (χ3n) is 7.13. The van der Waals surface area contributed by atoms with Crippen molar-refractivity contribution in [3.8, 4) is 11.3 Å². The molecule has 1 atom stereocenters. The predicted octanol–water partition coefficient (Wildman–Crippen LogP) is 4.58. The van der Waals surface area contributed by atoms with Gasteiger partial charge in [-0.3, -0.25) is 9.69 Å². The van der Waals surface area contributed by atoms with Gasteiger partial charge in [-0.25, -0.2) is 4.98 Å². The second-order valence-electron chi connectivity index (χ2n) is 9.58. The molecule has 0 radical (unpaired) electrons. The van der Waals surface area contributed by atoms with E-state index in [-0.39, 0.29) is 5.91 Å². The highest BCUT2D eigenvalue weighted by atomic mass is 16.1. The number of carbonyl (C=O) groups is 1. The third kappa shape index (κ3) is 5.96. The lowest BCUT2D eigenvalue weighted by molar-refractivity contribution is 0.0943. The van der Waals surface area contributed by atoms with Crippen LogP contribution in [0, 0.1) is 5.92 Å². The van der Waals surface area contributed by atoms with Gasteiger partial charge < -0.3 is 10.2 Å². The highest BCUT2D eigenvalue weighted by molar-refractivity contribution is 5.92. The quantitative estimate of drug-likeness (QED) is 0.660. The van der Waals surface area contributed by atoms with Gasteiger partial charge in [0.1, 0.15) is 5.69 Å². The van der Waals surface area contributed by atoms with Gasteiger partial charge >= 0.3 is 0 Å². The lowest BCUT2D eigenvalue weighted by atomic mass is 10.0. The maximum Gasteiger partial charge on any atom is 0.269 e. The summed E-state index contributed by atoms with van der Waals surface area (Å²) in [4.78, 5) is 22.5. The molecule has 3 heterocycles. The molecule has 4 rings (SSSR count). The van der Waals surface area contributed by atoms with E-state index in [0.717, 1.165) is 30.3 Å². The second kappa shape index (κ2) is 11.1. The summed E-state index contributed by atoms with van der Waals surface area (Å²) in [5.41, 5.74) is 3.73. The zero-order chi connectivity index (χ0) is 22.3. The van der Waals surface area contributed by atoms with Crippen molar-refractivity contribution in [3.05, 3.63) is 53.7 Å². The molecule has 2 fully saturated rings. The molecular weight excluding hydrogens is 396 g/mol. The van der Waals surface area contributed by atoms with Crippen LogP contribution in [0.15, 0.2) is 42.5 Å². The summed E-state index contributed by atoms with van der Waals surface area (Å²) < 4.78 is 0. The number of piperidine rings is 1. The Hall–Kier alpha value is -2.24. The molecule has 5 nitrogen and oxygen atoms in total. The Bertz CT molecular complexity index is 885. The van der Waals surface area contributed by atoms with Gasteiger partial charge in [0, 0.05) is 24.7 Å². The van der Waals surface area contributed by atoms with Crippen molar-refractivity contribution in [2.24, 2.45) is 5.92 Å². The summed E-state index contributed by atoms with van der Waals surface area (Å²) in [6.07, 6.45) is 6.38. The number of nitrogens with one attached hydrogen (secondary N) is 1. The molecule has 0 bridgehead atoms. The van der Waals surface area contributed by atoms with Gasteiger partial charge in [0.05, 0.1) is 5.69 Å². The number of hydrogen-bond donors (Lipinski definition) is 1. The Balaban J connectivity index is 1.36. The van der Waals surface area contributed by atoms with E-state index in [2.05, 4.69) is 58.2 Å². The van der Waals surface area contributed by atoms with E-state index >= 15 is 0 Å². The van der Waals surface area contributed by atoms with Gasteiger partial charge in [0.2, 0.25) is 0 Å². The van der Waals surface area contributed by atoms with Crippen LogP contribution in [0.25, 0.3) is 11.3 Å². The second-order valence-corrected chi connectivity index (χ2v) is 9.58. The van der Waals surface area contributed by atoms with Gasteiger partial charge in [-0.05, 0) is 81.5 Å². The van der Waals surface area contributed by atoms with E-state index in [1.54, 1.807) is 6.07 Å². The van der Waals surface area contributed by atoms with Crippen LogP contribution in [0.2, 0.25) is 0 Å². The van der Waals surface area contributed by atoms with E-state index in [9.17, 15) is 4.79 Å². The topological polar surface area (TPSA) is 48.5 Å². The molecule has 172 valence electrons. The highest BCUT2D eigenvalue weighted by Gasteiger charge is 2.26. The normalized spacial score (nSPS) is 19.2. The fourth-order valence-electron chi connectivity index (χ4n) is 4.86. The Morgan fingerprint density at radius 3 is 2.59 bits per heavy atom. The molecular formula is C27H38N4O. The van der Waals surface area contributed by atoms with Gasteiger partial charge in [0.15, 0.2) is 0 Å². The lowest BCUT2D eigenvalue weighted by Crippen LogP contribution is -2.43. The molecule has 0 unspecified atom stereocenters. The third-order valence-corrected chi connectivity index (χ3v) is 7.13. The van der Waals surface area contributed by atoms with Gasteiger partial charge in [0.25, 0.3) is 5.91 Å². The van der Waals surface area contributed by atoms with Crippen LogP contribution in [0.1, 0.15) is 62.0 Å². The Kier molecular flexibility index (Phi) is 7.93. The monoisotopic (exact) mass is 434 g/mol. The van der Waals surface area contributed by atoms with Gasteiger partial charge in [-0.1, -0.05) is 44.5 Å².